The third kappa shape index (κ3) is 5.76. The van der Waals surface area contributed by atoms with Gasteiger partial charge in [-0.15, -0.1) is 0 Å². The van der Waals surface area contributed by atoms with Crippen molar-refractivity contribution in [2.24, 2.45) is 11.7 Å². The van der Waals surface area contributed by atoms with Crippen LogP contribution in [0, 0.1) is 5.92 Å². The van der Waals surface area contributed by atoms with E-state index in [-0.39, 0.29) is 0 Å². The average Bonchev–Trinajstić information content (AvgIpc) is 2.00. The number of nitrogens with two attached hydrogens (primary N) is 1. The smallest absolute Gasteiger partial charge is 0.200 e. The van der Waals surface area contributed by atoms with Crippen molar-refractivity contribution in [3.05, 3.63) is 0 Å². The molecule has 0 saturated heterocycles. The SMILES string of the molecule is CC[C@H](C)CP(=O)(O)CCCN. The third-order valence-electron chi connectivity index (χ3n) is 2.01. The van der Waals surface area contributed by atoms with Crippen LogP contribution in [0.4, 0.5) is 0 Å². The fourth-order valence-corrected chi connectivity index (χ4v) is 3.14. The molecule has 3 nitrogen and oxygen atoms in total. The Labute approximate surface area is 74.8 Å². The largest absolute Gasteiger partial charge is 0.344 e. The molecule has 2 atom stereocenters. The predicted octanol–water partition coefficient (Wildman–Crippen LogP) is 1.65. The molecule has 0 saturated carbocycles. The summed E-state index contributed by atoms with van der Waals surface area (Å²) in [4.78, 5) is 9.45. The summed E-state index contributed by atoms with van der Waals surface area (Å²) in [6, 6.07) is 0. The summed E-state index contributed by atoms with van der Waals surface area (Å²) in [6.07, 6.45) is 2.45. The van der Waals surface area contributed by atoms with Crippen LogP contribution in [0.15, 0.2) is 0 Å². The van der Waals surface area contributed by atoms with E-state index >= 15 is 0 Å². The van der Waals surface area contributed by atoms with E-state index in [1.807, 2.05) is 13.8 Å². The normalized spacial score (nSPS) is 18.7. The Kier molecular flexibility index (Phi) is 5.81. The van der Waals surface area contributed by atoms with Gasteiger partial charge in [-0.1, -0.05) is 20.3 Å². The van der Waals surface area contributed by atoms with E-state index < -0.39 is 7.37 Å². The van der Waals surface area contributed by atoms with Gasteiger partial charge in [0.25, 0.3) is 0 Å². The lowest BCUT2D eigenvalue weighted by Crippen LogP contribution is -2.07. The van der Waals surface area contributed by atoms with Gasteiger partial charge in [-0.05, 0) is 18.9 Å². The van der Waals surface area contributed by atoms with Gasteiger partial charge in [0, 0.05) is 12.3 Å². The molecule has 4 heteroatoms. The van der Waals surface area contributed by atoms with Crippen LogP contribution in [0.5, 0.6) is 0 Å². The molecule has 0 amide bonds. The van der Waals surface area contributed by atoms with Crippen LogP contribution < -0.4 is 5.73 Å². The summed E-state index contributed by atoms with van der Waals surface area (Å²) in [7, 11) is -2.86. The maximum atomic E-state index is 11.4. The van der Waals surface area contributed by atoms with Crippen molar-refractivity contribution >= 4 is 7.37 Å². The maximum Gasteiger partial charge on any atom is 0.200 e. The number of hydrogen-bond donors (Lipinski definition) is 2. The lowest BCUT2D eigenvalue weighted by Gasteiger charge is -2.14. The molecule has 3 N–H and O–H groups in total. The van der Waals surface area contributed by atoms with Crippen LogP contribution in [0.1, 0.15) is 26.7 Å². The first-order valence-electron chi connectivity index (χ1n) is 4.52. The van der Waals surface area contributed by atoms with Gasteiger partial charge in [0.1, 0.15) is 0 Å². The van der Waals surface area contributed by atoms with E-state index in [9.17, 15) is 9.46 Å². The van der Waals surface area contributed by atoms with Gasteiger partial charge < -0.3 is 10.6 Å². The summed E-state index contributed by atoms with van der Waals surface area (Å²) in [5.74, 6) is 0.346. The van der Waals surface area contributed by atoms with Crippen LogP contribution in [-0.4, -0.2) is 23.8 Å². The van der Waals surface area contributed by atoms with Crippen LogP contribution in [0.25, 0.3) is 0 Å². The van der Waals surface area contributed by atoms with Crippen molar-refractivity contribution in [1.82, 2.24) is 0 Å². The minimum absolute atomic E-state index is 0.346. The lowest BCUT2D eigenvalue weighted by atomic mass is 10.2. The zero-order chi connectivity index (χ0) is 9.61. The second-order valence-electron chi connectivity index (χ2n) is 3.41. The topological polar surface area (TPSA) is 63.3 Å². The second-order valence-corrected chi connectivity index (χ2v) is 5.91. The van der Waals surface area contributed by atoms with E-state index in [0.29, 0.717) is 31.2 Å². The highest BCUT2D eigenvalue weighted by atomic mass is 31.2. The first-order valence-corrected chi connectivity index (χ1v) is 6.55. The van der Waals surface area contributed by atoms with Crippen molar-refractivity contribution in [3.63, 3.8) is 0 Å². The number of hydrogen-bond acceptors (Lipinski definition) is 2. The van der Waals surface area contributed by atoms with Gasteiger partial charge in [0.2, 0.25) is 7.37 Å². The molecule has 12 heavy (non-hydrogen) atoms. The van der Waals surface area contributed by atoms with Gasteiger partial charge in [-0.25, -0.2) is 0 Å². The fourth-order valence-electron chi connectivity index (χ4n) is 1.05. The summed E-state index contributed by atoms with van der Waals surface area (Å²) in [5.41, 5.74) is 5.27. The van der Waals surface area contributed by atoms with E-state index in [4.69, 9.17) is 5.73 Å². The molecular weight excluding hydrogens is 173 g/mol. The quantitative estimate of drug-likeness (QED) is 0.630. The van der Waals surface area contributed by atoms with E-state index in [1.165, 1.54) is 0 Å². The summed E-state index contributed by atoms with van der Waals surface area (Å²) < 4.78 is 11.4. The van der Waals surface area contributed by atoms with Gasteiger partial charge in [-0.3, -0.25) is 4.57 Å². The molecule has 0 aliphatic carbocycles. The highest BCUT2D eigenvalue weighted by Crippen LogP contribution is 2.43. The summed E-state index contributed by atoms with van der Waals surface area (Å²) >= 11 is 0. The van der Waals surface area contributed by atoms with Gasteiger partial charge in [0.15, 0.2) is 0 Å². The van der Waals surface area contributed by atoms with E-state index in [2.05, 4.69) is 0 Å². The molecule has 0 spiro atoms. The molecule has 1 unspecified atom stereocenters. The monoisotopic (exact) mass is 193 g/mol. The van der Waals surface area contributed by atoms with Crippen LogP contribution in [0.2, 0.25) is 0 Å². The van der Waals surface area contributed by atoms with Gasteiger partial charge in [-0.2, -0.15) is 0 Å². The van der Waals surface area contributed by atoms with Crippen molar-refractivity contribution in [2.75, 3.05) is 18.9 Å². The molecule has 0 heterocycles. The van der Waals surface area contributed by atoms with E-state index in [1.54, 1.807) is 0 Å². The first-order chi connectivity index (χ1) is 5.52. The predicted molar refractivity (Wildman–Crippen MR) is 52.7 cm³/mol. The van der Waals surface area contributed by atoms with Crippen LogP contribution >= 0.6 is 7.37 Å². The minimum atomic E-state index is -2.86. The molecule has 0 aliphatic rings. The Bertz CT molecular complexity index is 161. The second kappa shape index (κ2) is 5.74. The Balaban J connectivity index is 3.78. The van der Waals surface area contributed by atoms with Crippen LogP contribution in [-0.2, 0) is 4.57 Å². The lowest BCUT2D eigenvalue weighted by molar-refractivity contribution is 0.460. The maximum absolute atomic E-state index is 11.4. The van der Waals surface area contributed by atoms with Gasteiger partial charge in [0.05, 0.1) is 0 Å². The zero-order valence-corrected chi connectivity index (χ0v) is 8.89. The Morgan fingerprint density at radius 1 is 1.58 bits per heavy atom. The van der Waals surface area contributed by atoms with Crippen molar-refractivity contribution in [1.29, 1.82) is 0 Å². The highest BCUT2D eigenvalue weighted by Gasteiger charge is 2.19. The zero-order valence-electron chi connectivity index (χ0n) is 7.99. The summed E-state index contributed by atoms with van der Waals surface area (Å²) in [6.45, 7) is 4.55. The molecule has 0 radical (unpaired) electrons. The minimum Gasteiger partial charge on any atom is -0.344 e. The van der Waals surface area contributed by atoms with Gasteiger partial charge >= 0.3 is 0 Å². The molecule has 0 fully saturated rings. The fraction of sp³-hybridized carbons (Fsp3) is 1.00. The van der Waals surface area contributed by atoms with E-state index in [0.717, 1.165) is 6.42 Å². The standard InChI is InChI=1S/C8H20NO2P/c1-3-8(2)7-12(10,11)6-4-5-9/h8H,3-7,9H2,1-2H3,(H,10,11)/t8-/m0/s1. The molecule has 0 aliphatic heterocycles. The molecule has 0 aromatic heterocycles. The Morgan fingerprint density at radius 2 is 2.17 bits per heavy atom. The molecule has 0 bridgehead atoms. The first kappa shape index (κ1) is 12.2. The molecule has 0 aromatic carbocycles. The number of rotatable bonds is 6. The Morgan fingerprint density at radius 3 is 2.58 bits per heavy atom. The van der Waals surface area contributed by atoms with Crippen molar-refractivity contribution in [3.8, 4) is 0 Å². The summed E-state index contributed by atoms with van der Waals surface area (Å²) in [5, 5.41) is 0. The Hall–Kier alpha value is 0.150. The third-order valence-corrected chi connectivity index (χ3v) is 4.21. The molecular formula is C8H20NO2P. The van der Waals surface area contributed by atoms with Crippen molar-refractivity contribution in [2.45, 2.75) is 26.7 Å². The highest BCUT2D eigenvalue weighted by molar-refractivity contribution is 7.57. The molecule has 0 rings (SSSR count). The average molecular weight is 193 g/mol. The molecule has 0 aromatic rings. The van der Waals surface area contributed by atoms with Crippen molar-refractivity contribution < 1.29 is 9.46 Å². The van der Waals surface area contributed by atoms with Crippen LogP contribution in [0.3, 0.4) is 0 Å². The molecule has 74 valence electrons.